The summed E-state index contributed by atoms with van der Waals surface area (Å²) in [7, 11) is 0. The summed E-state index contributed by atoms with van der Waals surface area (Å²) in [5.74, 6) is 2.07. The fourth-order valence-electron chi connectivity index (χ4n) is 4.27. The van der Waals surface area contributed by atoms with Crippen LogP contribution in [0.2, 0.25) is 0 Å². The van der Waals surface area contributed by atoms with E-state index < -0.39 is 0 Å². The van der Waals surface area contributed by atoms with Gasteiger partial charge in [0.2, 0.25) is 5.89 Å². The number of fused-ring (bicyclic) bond motifs is 1. The first-order valence-corrected chi connectivity index (χ1v) is 8.07. The average Bonchev–Trinajstić information content (AvgIpc) is 3.22. The van der Waals surface area contributed by atoms with Crippen molar-refractivity contribution in [3.05, 3.63) is 41.3 Å². The van der Waals surface area contributed by atoms with Crippen molar-refractivity contribution in [3.63, 3.8) is 0 Å². The Morgan fingerprint density at radius 2 is 2.43 bits per heavy atom. The van der Waals surface area contributed by atoms with Gasteiger partial charge in [-0.25, -0.2) is 0 Å². The molecule has 6 nitrogen and oxygen atoms in total. The Hall–Kier alpha value is -2.26. The zero-order valence-electron chi connectivity index (χ0n) is 13.2. The van der Waals surface area contributed by atoms with Crippen molar-refractivity contribution >= 4 is 0 Å². The normalized spacial score (nSPS) is 27.0. The lowest BCUT2D eigenvalue weighted by Crippen LogP contribution is -2.32. The molecule has 0 aromatic carbocycles. The summed E-state index contributed by atoms with van der Waals surface area (Å²) in [6.07, 6.45) is 6.93. The first kappa shape index (κ1) is 14.3. The van der Waals surface area contributed by atoms with Crippen LogP contribution in [-0.4, -0.2) is 33.1 Å². The van der Waals surface area contributed by atoms with Crippen LogP contribution in [0, 0.1) is 24.2 Å². The van der Waals surface area contributed by atoms with Crippen molar-refractivity contribution in [1.82, 2.24) is 20.0 Å². The van der Waals surface area contributed by atoms with E-state index in [1.807, 2.05) is 13.0 Å². The van der Waals surface area contributed by atoms with Gasteiger partial charge in [-0.15, -0.1) is 0 Å². The molecule has 6 heteroatoms. The highest BCUT2D eigenvalue weighted by Crippen LogP contribution is 2.50. The molecule has 4 rings (SSSR count). The summed E-state index contributed by atoms with van der Waals surface area (Å²) in [5.41, 5.74) is 1.70. The highest BCUT2D eigenvalue weighted by atomic mass is 16.5. The molecule has 0 spiro atoms. The lowest BCUT2D eigenvalue weighted by molar-refractivity contribution is 0.244. The van der Waals surface area contributed by atoms with E-state index in [0.29, 0.717) is 17.3 Å². The van der Waals surface area contributed by atoms with Crippen molar-refractivity contribution < 1.29 is 4.52 Å². The Kier molecular flexibility index (Phi) is 3.38. The van der Waals surface area contributed by atoms with E-state index in [1.165, 1.54) is 12.8 Å². The molecule has 0 bridgehead atoms. The summed E-state index contributed by atoms with van der Waals surface area (Å²) >= 11 is 0. The maximum Gasteiger partial charge on any atom is 0.234 e. The van der Waals surface area contributed by atoms with Crippen molar-refractivity contribution in [2.24, 2.45) is 5.92 Å². The fourth-order valence-corrected chi connectivity index (χ4v) is 4.27. The quantitative estimate of drug-likeness (QED) is 0.865. The number of nitriles is 1. The SMILES string of the molecule is Cc1noc([C@]23CCC[C@H]2CN(Cc2ccncc2C#N)C3)n1. The van der Waals surface area contributed by atoms with Crippen LogP contribution in [-0.2, 0) is 12.0 Å². The van der Waals surface area contributed by atoms with Gasteiger partial charge in [-0.1, -0.05) is 11.6 Å². The molecule has 0 radical (unpaired) electrons. The van der Waals surface area contributed by atoms with Gasteiger partial charge in [0.1, 0.15) is 6.07 Å². The number of hydrogen-bond donors (Lipinski definition) is 0. The molecule has 2 aliphatic rings. The second-order valence-electron chi connectivity index (χ2n) is 6.71. The minimum atomic E-state index is 0.00109. The van der Waals surface area contributed by atoms with Gasteiger partial charge in [-0.3, -0.25) is 9.88 Å². The van der Waals surface area contributed by atoms with E-state index in [1.54, 1.807) is 12.4 Å². The Balaban J connectivity index is 1.59. The smallest absolute Gasteiger partial charge is 0.234 e. The zero-order valence-corrected chi connectivity index (χ0v) is 13.2. The number of likely N-dealkylation sites (tertiary alicyclic amines) is 1. The van der Waals surface area contributed by atoms with Gasteiger partial charge in [0, 0.05) is 32.0 Å². The zero-order chi connectivity index (χ0) is 15.9. The molecule has 1 aliphatic heterocycles. The van der Waals surface area contributed by atoms with E-state index >= 15 is 0 Å². The lowest BCUT2D eigenvalue weighted by Gasteiger charge is -2.24. The fraction of sp³-hybridized carbons (Fsp3) is 0.529. The number of aromatic nitrogens is 3. The molecule has 3 heterocycles. The lowest BCUT2D eigenvalue weighted by atomic mass is 9.80. The number of nitrogens with zero attached hydrogens (tertiary/aromatic N) is 5. The van der Waals surface area contributed by atoms with Crippen LogP contribution in [0.3, 0.4) is 0 Å². The highest BCUT2D eigenvalue weighted by molar-refractivity contribution is 5.34. The Labute approximate surface area is 135 Å². The van der Waals surface area contributed by atoms with Gasteiger partial charge in [-0.05, 0) is 37.3 Å². The van der Waals surface area contributed by atoms with E-state index in [4.69, 9.17) is 4.52 Å². The van der Waals surface area contributed by atoms with Gasteiger partial charge in [0.05, 0.1) is 11.0 Å². The minimum Gasteiger partial charge on any atom is -0.339 e. The number of pyridine rings is 1. The van der Waals surface area contributed by atoms with Crippen molar-refractivity contribution in [1.29, 1.82) is 5.26 Å². The van der Waals surface area contributed by atoms with Gasteiger partial charge in [0.25, 0.3) is 0 Å². The minimum absolute atomic E-state index is 0.00109. The Bertz CT molecular complexity index is 764. The maximum absolute atomic E-state index is 9.24. The summed E-state index contributed by atoms with van der Waals surface area (Å²) in [4.78, 5) is 11.0. The number of rotatable bonds is 3. The second kappa shape index (κ2) is 5.43. The van der Waals surface area contributed by atoms with Gasteiger partial charge in [0.15, 0.2) is 5.82 Å². The molecule has 118 valence electrons. The molecule has 2 aromatic rings. The number of hydrogen-bond acceptors (Lipinski definition) is 6. The topological polar surface area (TPSA) is 78.8 Å². The standard InChI is InChI=1S/C17H19N5O/c1-12-20-16(23-21-12)17-5-2-3-15(17)10-22(11-17)9-13-4-6-19-8-14(13)7-18/h4,6,8,15H,2-3,5,9-11H2,1H3/t15-,17-/m0/s1. The predicted molar refractivity (Wildman–Crippen MR) is 82.3 cm³/mol. The highest BCUT2D eigenvalue weighted by Gasteiger charge is 2.53. The molecule has 0 N–H and O–H groups in total. The third-order valence-electron chi connectivity index (χ3n) is 5.32. The van der Waals surface area contributed by atoms with Crippen molar-refractivity contribution in [3.8, 4) is 6.07 Å². The van der Waals surface area contributed by atoms with E-state index in [2.05, 4.69) is 26.1 Å². The van der Waals surface area contributed by atoms with Crippen LogP contribution < -0.4 is 0 Å². The second-order valence-corrected chi connectivity index (χ2v) is 6.71. The Morgan fingerprint density at radius 3 is 3.22 bits per heavy atom. The average molecular weight is 309 g/mol. The summed E-state index contributed by atoms with van der Waals surface area (Å²) in [5, 5.41) is 13.2. The van der Waals surface area contributed by atoms with Crippen LogP contribution in [0.15, 0.2) is 23.0 Å². The van der Waals surface area contributed by atoms with E-state index in [-0.39, 0.29) is 5.41 Å². The number of aryl methyl sites for hydroxylation is 1. The Morgan fingerprint density at radius 1 is 1.52 bits per heavy atom. The molecular weight excluding hydrogens is 290 g/mol. The van der Waals surface area contributed by atoms with Crippen molar-refractivity contribution in [2.75, 3.05) is 13.1 Å². The van der Waals surface area contributed by atoms with Crippen LogP contribution in [0.5, 0.6) is 0 Å². The van der Waals surface area contributed by atoms with Gasteiger partial charge < -0.3 is 4.52 Å². The van der Waals surface area contributed by atoms with Gasteiger partial charge >= 0.3 is 0 Å². The monoisotopic (exact) mass is 309 g/mol. The molecule has 2 aromatic heterocycles. The molecule has 0 amide bonds. The first-order chi connectivity index (χ1) is 11.2. The first-order valence-electron chi connectivity index (χ1n) is 8.07. The molecule has 2 fully saturated rings. The van der Waals surface area contributed by atoms with Crippen LogP contribution in [0.1, 0.15) is 42.1 Å². The molecule has 1 saturated heterocycles. The molecule has 2 atom stereocenters. The largest absolute Gasteiger partial charge is 0.339 e. The van der Waals surface area contributed by atoms with E-state index in [0.717, 1.165) is 37.5 Å². The molecule has 1 saturated carbocycles. The molecular formula is C17H19N5O. The van der Waals surface area contributed by atoms with Gasteiger partial charge in [-0.2, -0.15) is 10.2 Å². The summed E-state index contributed by atoms with van der Waals surface area (Å²) < 4.78 is 5.55. The van der Waals surface area contributed by atoms with Crippen LogP contribution in [0.4, 0.5) is 0 Å². The summed E-state index contributed by atoms with van der Waals surface area (Å²) in [6, 6.07) is 4.18. The molecule has 23 heavy (non-hydrogen) atoms. The third-order valence-corrected chi connectivity index (χ3v) is 5.32. The van der Waals surface area contributed by atoms with Crippen molar-refractivity contribution in [2.45, 2.75) is 38.1 Å². The van der Waals surface area contributed by atoms with E-state index in [9.17, 15) is 5.26 Å². The van der Waals surface area contributed by atoms with Crippen LogP contribution >= 0.6 is 0 Å². The summed E-state index contributed by atoms with van der Waals surface area (Å²) in [6.45, 7) is 4.59. The third kappa shape index (κ3) is 2.32. The maximum atomic E-state index is 9.24. The predicted octanol–water partition coefficient (Wildman–Crippen LogP) is 2.20. The molecule has 0 unspecified atom stereocenters. The molecule has 1 aliphatic carbocycles. The van der Waals surface area contributed by atoms with Crippen LogP contribution in [0.25, 0.3) is 0 Å².